The van der Waals surface area contributed by atoms with Crippen molar-refractivity contribution >= 4 is 44.0 Å². The Morgan fingerprint density at radius 1 is 1.19 bits per heavy atom. The van der Waals surface area contributed by atoms with Gasteiger partial charge in [-0.15, -0.1) is 11.3 Å². The van der Waals surface area contributed by atoms with Crippen LogP contribution in [-0.4, -0.2) is 21.9 Å². The molecule has 130 valence electrons. The van der Waals surface area contributed by atoms with E-state index in [2.05, 4.69) is 26.2 Å². The molecule has 26 heavy (non-hydrogen) atoms. The molecule has 0 aliphatic rings. The maximum Gasteiger partial charge on any atom is 0.263 e. The van der Waals surface area contributed by atoms with Crippen LogP contribution in [0.25, 0.3) is 16.2 Å². The number of ether oxygens (including phenoxy) is 1. The molecule has 2 aromatic carbocycles. The topological polar surface area (TPSA) is 55.6 Å². The summed E-state index contributed by atoms with van der Waals surface area (Å²) in [6.45, 7) is -0.0813. The normalized spacial score (nSPS) is 10.8. The number of carbonyl (C=O) groups excluding carboxylic acids is 1. The maximum absolute atomic E-state index is 12.4. The average Bonchev–Trinajstić information content (AvgIpc) is 3.24. The van der Waals surface area contributed by atoms with Gasteiger partial charge in [-0.1, -0.05) is 52.3 Å². The highest BCUT2D eigenvalue weighted by Gasteiger charge is 2.17. The summed E-state index contributed by atoms with van der Waals surface area (Å²) in [5.41, 5.74) is 1.69. The Morgan fingerprint density at radius 2 is 2.04 bits per heavy atom. The van der Waals surface area contributed by atoms with E-state index in [0.29, 0.717) is 11.6 Å². The molecule has 0 radical (unpaired) electrons. The lowest BCUT2D eigenvalue weighted by Gasteiger charge is -2.09. The van der Waals surface area contributed by atoms with Crippen molar-refractivity contribution in [1.82, 2.24) is 9.38 Å². The van der Waals surface area contributed by atoms with Gasteiger partial charge in [0.25, 0.3) is 5.91 Å². The molecule has 0 spiro atoms. The van der Waals surface area contributed by atoms with E-state index < -0.39 is 0 Å². The fourth-order valence-electron chi connectivity index (χ4n) is 2.58. The highest BCUT2D eigenvalue weighted by atomic mass is 79.9. The molecule has 0 atom stereocenters. The molecule has 0 saturated heterocycles. The highest BCUT2D eigenvalue weighted by Crippen LogP contribution is 2.30. The zero-order valence-electron chi connectivity index (χ0n) is 13.6. The third-order valence-electron chi connectivity index (χ3n) is 3.73. The van der Waals surface area contributed by atoms with Gasteiger partial charge < -0.3 is 10.1 Å². The summed E-state index contributed by atoms with van der Waals surface area (Å²) in [7, 11) is 0. The summed E-state index contributed by atoms with van der Waals surface area (Å²) in [6, 6.07) is 17.2. The molecule has 0 unspecified atom stereocenters. The van der Waals surface area contributed by atoms with Crippen molar-refractivity contribution in [2.75, 3.05) is 11.9 Å². The SMILES string of the molecule is O=C(COc1cccc(Br)c1)Nc1c(-c2ccccc2)nc2sccn12. The summed E-state index contributed by atoms with van der Waals surface area (Å²) >= 11 is 4.90. The van der Waals surface area contributed by atoms with E-state index in [1.165, 1.54) is 11.3 Å². The minimum Gasteiger partial charge on any atom is -0.484 e. The zero-order valence-corrected chi connectivity index (χ0v) is 16.0. The fourth-order valence-corrected chi connectivity index (χ4v) is 3.67. The van der Waals surface area contributed by atoms with Crippen molar-refractivity contribution in [1.29, 1.82) is 0 Å². The molecule has 4 aromatic rings. The van der Waals surface area contributed by atoms with Crippen LogP contribution in [0.15, 0.2) is 70.6 Å². The molecule has 2 heterocycles. The number of halogens is 1. The fraction of sp³-hybridized carbons (Fsp3) is 0.0526. The van der Waals surface area contributed by atoms with E-state index in [1.54, 1.807) is 0 Å². The Kier molecular flexibility index (Phi) is 4.73. The average molecular weight is 428 g/mol. The van der Waals surface area contributed by atoms with E-state index in [-0.39, 0.29) is 12.5 Å². The molecule has 0 aliphatic carbocycles. The van der Waals surface area contributed by atoms with Crippen LogP contribution in [0.3, 0.4) is 0 Å². The Balaban J connectivity index is 1.56. The van der Waals surface area contributed by atoms with Crippen LogP contribution < -0.4 is 10.1 Å². The van der Waals surface area contributed by atoms with Crippen LogP contribution in [0.5, 0.6) is 5.75 Å². The van der Waals surface area contributed by atoms with Crippen molar-refractivity contribution in [3.63, 3.8) is 0 Å². The zero-order chi connectivity index (χ0) is 17.9. The summed E-state index contributed by atoms with van der Waals surface area (Å²) in [4.78, 5) is 17.9. The number of hydrogen-bond donors (Lipinski definition) is 1. The van der Waals surface area contributed by atoms with Crippen LogP contribution in [0.2, 0.25) is 0 Å². The Morgan fingerprint density at radius 3 is 2.85 bits per heavy atom. The number of thiazole rings is 1. The third-order valence-corrected chi connectivity index (χ3v) is 4.98. The second kappa shape index (κ2) is 7.31. The minimum atomic E-state index is -0.241. The largest absolute Gasteiger partial charge is 0.484 e. The monoisotopic (exact) mass is 427 g/mol. The van der Waals surface area contributed by atoms with Crippen LogP contribution in [-0.2, 0) is 4.79 Å². The van der Waals surface area contributed by atoms with Crippen molar-refractivity contribution in [3.05, 3.63) is 70.6 Å². The number of aromatic nitrogens is 2. The lowest BCUT2D eigenvalue weighted by atomic mass is 10.1. The number of nitrogens with one attached hydrogen (secondary N) is 1. The van der Waals surface area contributed by atoms with Crippen LogP contribution in [0, 0.1) is 0 Å². The first-order valence-corrected chi connectivity index (χ1v) is 9.57. The molecule has 0 bridgehead atoms. The first kappa shape index (κ1) is 16.8. The molecule has 2 aromatic heterocycles. The van der Waals surface area contributed by atoms with Gasteiger partial charge in [-0.3, -0.25) is 9.20 Å². The Labute approximate surface area is 162 Å². The van der Waals surface area contributed by atoms with Gasteiger partial charge in [0.15, 0.2) is 11.6 Å². The molecule has 1 amide bonds. The van der Waals surface area contributed by atoms with E-state index in [0.717, 1.165) is 20.7 Å². The number of amides is 1. The number of carbonyl (C=O) groups is 1. The van der Waals surface area contributed by atoms with Gasteiger partial charge in [0.05, 0.1) is 0 Å². The van der Waals surface area contributed by atoms with Crippen molar-refractivity contribution in [3.8, 4) is 17.0 Å². The summed E-state index contributed by atoms with van der Waals surface area (Å²) in [6.07, 6.45) is 1.89. The summed E-state index contributed by atoms with van der Waals surface area (Å²) < 4.78 is 8.35. The van der Waals surface area contributed by atoms with Crippen molar-refractivity contribution in [2.45, 2.75) is 0 Å². The number of anilines is 1. The van der Waals surface area contributed by atoms with Gasteiger partial charge in [0, 0.05) is 21.6 Å². The van der Waals surface area contributed by atoms with Gasteiger partial charge in [-0.25, -0.2) is 4.98 Å². The first-order chi connectivity index (χ1) is 12.7. The maximum atomic E-state index is 12.4. The summed E-state index contributed by atoms with van der Waals surface area (Å²) in [5.74, 6) is 1.04. The lowest BCUT2D eigenvalue weighted by molar-refractivity contribution is -0.118. The molecular formula is C19H14BrN3O2S. The number of rotatable bonds is 5. The predicted octanol–water partition coefficient (Wildman–Crippen LogP) is 4.84. The molecule has 1 N–H and O–H groups in total. The van der Waals surface area contributed by atoms with Crippen LogP contribution >= 0.6 is 27.3 Å². The molecule has 7 heteroatoms. The second-order valence-electron chi connectivity index (χ2n) is 5.52. The number of benzene rings is 2. The minimum absolute atomic E-state index is 0.0813. The van der Waals surface area contributed by atoms with E-state index in [4.69, 9.17) is 4.74 Å². The number of hydrogen-bond acceptors (Lipinski definition) is 4. The van der Waals surface area contributed by atoms with Crippen LogP contribution in [0.4, 0.5) is 5.82 Å². The first-order valence-electron chi connectivity index (χ1n) is 7.90. The lowest BCUT2D eigenvalue weighted by Crippen LogP contribution is -2.21. The predicted molar refractivity (Wildman–Crippen MR) is 107 cm³/mol. The molecular weight excluding hydrogens is 414 g/mol. The number of imidazole rings is 1. The smallest absolute Gasteiger partial charge is 0.263 e. The molecule has 4 rings (SSSR count). The van der Waals surface area contributed by atoms with E-state index in [1.807, 2.05) is 70.6 Å². The third kappa shape index (κ3) is 3.49. The Hall–Kier alpha value is -2.64. The highest BCUT2D eigenvalue weighted by molar-refractivity contribution is 9.10. The number of fused-ring (bicyclic) bond motifs is 1. The van der Waals surface area contributed by atoms with Gasteiger partial charge in [-0.05, 0) is 18.2 Å². The van der Waals surface area contributed by atoms with Crippen molar-refractivity contribution in [2.24, 2.45) is 0 Å². The van der Waals surface area contributed by atoms with Gasteiger partial charge in [0.1, 0.15) is 17.3 Å². The standard InChI is InChI=1S/C19H14BrN3O2S/c20-14-7-4-8-15(11-14)25-12-16(24)21-18-17(13-5-2-1-3-6-13)22-19-23(18)9-10-26-19/h1-11H,12H2,(H,21,24). The van der Waals surface area contributed by atoms with E-state index in [9.17, 15) is 4.79 Å². The Bertz CT molecular complexity index is 1060. The quantitative estimate of drug-likeness (QED) is 0.495. The molecule has 5 nitrogen and oxygen atoms in total. The van der Waals surface area contributed by atoms with Crippen LogP contribution in [0.1, 0.15) is 0 Å². The second-order valence-corrected chi connectivity index (χ2v) is 7.31. The number of nitrogens with zero attached hydrogens (tertiary/aromatic N) is 2. The van der Waals surface area contributed by atoms with Gasteiger partial charge in [-0.2, -0.15) is 0 Å². The molecule has 0 saturated carbocycles. The molecule has 0 aliphatic heterocycles. The van der Waals surface area contributed by atoms with Gasteiger partial charge in [0.2, 0.25) is 0 Å². The molecule has 0 fully saturated rings. The summed E-state index contributed by atoms with van der Waals surface area (Å²) in [5, 5.41) is 4.87. The van der Waals surface area contributed by atoms with Gasteiger partial charge >= 0.3 is 0 Å². The van der Waals surface area contributed by atoms with Crippen molar-refractivity contribution < 1.29 is 9.53 Å². The van der Waals surface area contributed by atoms with E-state index >= 15 is 0 Å².